The molecule has 0 saturated carbocycles. The van der Waals surface area contributed by atoms with Gasteiger partial charge in [-0.15, -0.1) is 0 Å². The summed E-state index contributed by atoms with van der Waals surface area (Å²) >= 11 is 0. The molecule has 1 amide bonds. The van der Waals surface area contributed by atoms with Gasteiger partial charge in [0, 0.05) is 20.2 Å². The molecule has 0 bridgehead atoms. The first-order valence-corrected chi connectivity index (χ1v) is 8.93. The smallest absolute Gasteiger partial charge is 0.255 e. The third-order valence-corrected chi connectivity index (χ3v) is 4.82. The predicted molar refractivity (Wildman–Crippen MR) is 99.5 cm³/mol. The van der Waals surface area contributed by atoms with Gasteiger partial charge in [0.1, 0.15) is 0 Å². The molecule has 2 rings (SSSR count). The van der Waals surface area contributed by atoms with Crippen molar-refractivity contribution in [2.24, 2.45) is 5.92 Å². The number of hydrogen-bond donors (Lipinski definition) is 1. The lowest BCUT2D eigenvalue weighted by Gasteiger charge is -2.31. The molecule has 0 aliphatic carbocycles. The van der Waals surface area contributed by atoms with E-state index >= 15 is 0 Å². The minimum atomic E-state index is -0.162. The number of amides is 1. The molecule has 0 aromatic heterocycles. The number of carbonyl (C=O) groups is 1. The van der Waals surface area contributed by atoms with E-state index in [0.717, 1.165) is 39.1 Å². The Bertz CT molecular complexity index is 586. The number of rotatable bonds is 9. The van der Waals surface area contributed by atoms with Crippen molar-refractivity contribution in [3.8, 4) is 17.2 Å². The van der Waals surface area contributed by atoms with E-state index < -0.39 is 0 Å². The zero-order chi connectivity index (χ0) is 18.9. The molecule has 1 N–H and O–H groups in total. The van der Waals surface area contributed by atoms with Crippen molar-refractivity contribution in [3.63, 3.8) is 0 Å². The number of nitrogens with one attached hydrogen (secondary N) is 1. The van der Waals surface area contributed by atoms with Crippen LogP contribution in [0, 0.1) is 5.92 Å². The van der Waals surface area contributed by atoms with Crippen LogP contribution in [0.1, 0.15) is 23.2 Å². The maximum Gasteiger partial charge on any atom is 0.255 e. The van der Waals surface area contributed by atoms with Gasteiger partial charge in [-0.05, 0) is 44.0 Å². The highest BCUT2D eigenvalue weighted by Gasteiger charge is 2.23. The van der Waals surface area contributed by atoms with Crippen molar-refractivity contribution < 1.29 is 23.7 Å². The molecule has 7 nitrogen and oxygen atoms in total. The summed E-state index contributed by atoms with van der Waals surface area (Å²) in [7, 11) is 6.32. The maximum atomic E-state index is 12.6. The maximum absolute atomic E-state index is 12.6. The van der Waals surface area contributed by atoms with E-state index in [0.29, 0.717) is 35.3 Å². The summed E-state index contributed by atoms with van der Waals surface area (Å²) in [6, 6.07) is 3.41. The zero-order valence-corrected chi connectivity index (χ0v) is 16.2. The lowest BCUT2D eigenvalue weighted by molar-refractivity contribution is 0.0922. The average molecular weight is 366 g/mol. The molecule has 0 radical (unpaired) electrons. The van der Waals surface area contributed by atoms with E-state index in [2.05, 4.69) is 10.2 Å². The van der Waals surface area contributed by atoms with Crippen LogP contribution < -0.4 is 19.5 Å². The second-order valence-corrected chi connectivity index (χ2v) is 6.37. The fraction of sp³-hybridized carbons (Fsp3) is 0.632. The highest BCUT2D eigenvalue weighted by atomic mass is 16.5. The number of likely N-dealkylation sites (tertiary alicyclic amines) is 1. The van der Waals surface area contributed by atoms with Crippen LogP contribution >= 0.6 is 0 Å². The van der Waals surface area contributed by atoms with Crippen molar-refractivity contribution in [1.82, 2.24) is 10.2 Å². The fourth-order valence-corrected chi connectivity index (χ4v) is 3.25. The second-order valence-electron chi connectivity index (χ2n) is 6.37. The summed E-state index contributed by atoms with van der Waals surface area (Å²) < 4.78 is 21.1. The number of hydrogen-bond acceptors (Lipinski definition) is 6. The Balaban J connectivity index is 1.92. The molecule has 1 aromatic rings. The van der Waals surface area contributed by atoms with Gasteiger partial charge in [-0.2, -0.15) is 0 Å². The summed E-state index contributed by atoms with van der Waals surface area (Å²) in [5.41, 5.74) is 0.447. The molecule has 0 spiro atoms. The van der Waals surface area contributed by atoms with Crippen molar-refractivity contribution in [2.75, 3.05) is 61.2 Å². The van der Waals surface area contributed by atoms with Gasteiger partial charge in [-0.3, -0.25) is 4.79 Å². The fourth-order valence-electron chi connectivity index (χ4n) is 3.25. The van der Waals surface area contributed by atoms with Gasteiger partial charge in [-0.25, -0.2) is 0 Å². The molecule has 26 heavy (non-hydrogen) atoms. The first-order chi connectivity index (χ1) is 12.6. The zero-order valence-electron chi connectivity index (χ0n) is 16.2. The first-order valence-electron chi connectivity index (χ1n) is 8.93. The molecule has 1 saturated heterocycles. The largest absolute Gasteiger partial charge is 0.493 e. The molecular formula is C19H30N2O5. The van der Waals surface area contributed by atoms with Gasteiger partial charge in [0.25, 0.3) is 5.91 Å². The van der Waals surface area contributed by atoms with E-state index in [4.69, 9.17) is 18.9 Å². The molecular weight excluding hydrogens is 336 g/mol. The third-order valence-electron chi connectivity index (χ3n) is 4.82. The van der Waals surface area contributed by atoms with Crippen LogP contribution in [-0.4, -0.2) is 72.0 Å². The number of carbonyl (C=O) groups excluding carboxylic acids is 1. The summed E-state index contributed by atoms with van der Waals surface area (Å²) in [6.07, 6.45) is 2.15. The van der Waals surface area contributed by atoms with Crippen molar-refractivity contribution in [3.05, 3.63) is 17.7 Å². The van der Waals surface area contributed by atoms with E-state index in [1.807, 2.05) is 0 Å². The van der Waals surface area contributed by atoms with Crippen LogP contribution in [-0.2, 0) is 4.74 Å². The quantitative estimate of drug-likeness (QED) is 0.719. The lowest BCUT2D eigenvalue weighted by atomic mass is 9.96. The highest BCUT2D eigenvalue weighted by molar-refractivity contribution is 5.98. The molecule has 146 valence electrons. The van der Waals surface area contributed by atoms with Crippen molar-refractivity contribution in [2.45, 2.75) is 12.8 Å². The van der Waals surface area contributed by atoms with E-state index in [-0.39, 0.29) is 5.91 Å². The molecule has 0 unspecified atom stereocenters. The van der Waals surface area contributed by atoms with Crippen molar-refractivity contribution >= 4 is 5.91 Å². The van der Waals surface area contributed by atoms with Crippen LogP contribution in [0.4, 0.5) is 0 Å². The SMILES string of the molecule is COCCN1CCC(CNC(=O)c2ccc(OC)c(OC)c2OC)CC1. The predicted octanol–water partition coefficient (Wildman–Crippen LogP) is 1.80. The number of methoxy groups -OCH3 is 4. The number of nitrogens with zero attached hydrogens (tertiary/aromatic N) is 1. The van der Waals surface area contributed by atoms with Crippen LogP contribution in [0.3, 0.4) is 0 Å². The normalized spacial score (nSPS) is 15.5. The lowest BCUT2D eigenvalue weighted by Crippen LogP contribution is -2.39. The van der Waals surface area contributed by atoms with Crippen LogP contribution in [0.2, 0.25) is 0 Å². The van der Waals surface area contributed by atoms with Gasteiger partial charge in [0.15, 0.2) is 11.5 Å². The van der Waals surface area contributed by atoms with Gasteiger partial charge in [-0.1, -0.05) is 0 Å². The van der Waals surface area contributed by atoms with E-state index in [1.165, 1.54) is 14.2 Å². The third kappa shape index (κ3) is 5.02. The minimum Gasteiger partial charge on any atom is -0.493 e. The standard InChI is InChI=1S/C19H30N2O5/c1-23-12-11-21-9-7-14(8-10-21)13-20-19(22)15-5-6-16(24-2)18(26-4)17(15)25-3/h5-6,14H,7-13H2,1-4H3,(H,20,22). The van der Waals surface area contributed by atoms with E-state index in [9.17, 15) is 4.79 Å². The monoisotopic (exact) mass is 366 g/mol. The van der Waals surface area contributed by atoms with Gasteiger partial charge < -0.3 is 29.2 Å². The van der Waals surface area contributed by atoms with Gasteiger partial charge >= 0.3 is 0 Å². The van der Waals surface area contributed by atoms with Crippen molar-refractivity contribution in [1.29, 1.82) is 0 Å². The summed E-state index contributed by atoms with van der Waals surface area (Å²) in [5.74, 6) is 1.67. The minimum absolute atomic E-state index is 0.162. The average Bonchev–Trinajstić information content (AvgIpc) is 2.69. The first kappa shape index (κ1) is 20.3. The van der Waals surface area contributed by atoms with Gasteiger partial charge in [0.2, 0.25) is 5.75 Å². The van der Waals surface area contributed by atoms with Crippen LogP contribution in [0.15, 0.2) is 12.1 Å². The Hall–Kier alpha value is -1.99. The Morgan fingerprint density at radius 3 is 2.35 bits per heavy atom. The number of ether oxygens (including phenoxy) is 4. The van der Waals surface area contributed by atoms with E-state index in [1.54, 1.807) is 26.4 Å². The molecule has 0 atom stereocenters. The molecule has 1 aromatic carbocycles. The molecule has 1 aliphatic rings. The number of benzene rings is 1. The molecule has 1 heterocycles. The van der Waals surface area contributed by atoms with Crippen LogP contribution in [0.25, 0.3) is 0 Å². The Labute approximate surface area is 155 Å². The Morgan fingerprint density at radius 2 is 1.77 bits per heavy atom. The molecule has 1 aliphatic heterocycles. The second kappa shape index (κ2) is 10.2. The number of piperidine rings is 1. The summed E-state index contributed by atoms with van der Waals surface area (Å²) in [5, 5.41) is 3.03. The van der Waals surface area contributed by atoms with Crippen LogP contribution in [0.5, 0.6) is 17.2 Å². The molecule has 7 heteroatoms. The summed E-state index contributed by atoms with van der Waals surface area (Å²) in [6.45, 7) is 4.49. The highest BCUT2D eigenvalue weighted by Crippen LogP contribution is 2.39. The molecule has 1 fully saturated rings. The van der Waals surface area contributed by atoms with Gasteiger partial charge in [0.05, 0.1) is 33.5 Å². The Kier molecular flexibility index (Phi) is 8.00. The Morgan fingerprint density at radius 1 is 1.08 bits per heavy atom. The topological polar surface area (TPSA) is 69.3 Å². The summed E-state index contributed by atoms with van der Waals surface area (Å²) in [4.78, 5) is 15.0.